The predicted molar refractivity (Wildman–Crippen MR) is 76.1 cm³/mol. The fraction of sp³-hybridized carbons (Fsp3) is 0.500. The zero-order valence-electron chi connectivity index (χ0n) is 12.1. The molecule has 0 unspecified atom stereocenters. The van der Waals surface area contributed by atoms with Gasteiger partial charge in [-0.25, -0.2) is 4.39 Å². The van der Waals surface area contributed by atoms with E-state index in [0.717, 1.165) is 12.8 Å². The molecule has 1 aromatic carbocycles. The second-order valence-corrected chi connectivity index (χ2v) is 5.78. The normalized spacial score (nSPS) is 18.2. The highest BCUT2D eigenvalue weighted by Crippen LogP contribution is 2.41. The molecule has 2 N–H and O–H groups in total. The summed E-state index contributed by atoms with van der Waals surface area (Å²) in [6.07, 6.45) is 2.69. The molecular formula is C16H20FNO3. The Morgan fingerprint density at radius 3 is 2.52 bits per heavy atom. The molecule has 1 aromatic rings. The molecule has 0 spiro atoms. The number of benzene rings is 1. The molecule has 1 amide bonds. The first-order valence-corrected chi connectivity index (χ1v) is 7.22. The lowest BCUT2D eigenvalue weighted by Crippen LogP contribution is -2.36. The molecule has 21 heavy (non-hydrogen) atoms. The van der Waals surface area contributed by atoms with Crippen LogP contribution >= 0.6 is 0 Å². The lowest BCUT2D eigenvalue weighted by molar-refractivity contribution is -0.151. The largest absolute Gasteiger partial charge is 0.481 e. The number of hydrogen-bond donors (Lipinski definition) is 2. The van der Waals surface area contributed by atoms with E-state index in [2.05, 4.69) is 5.32 Å². The van der Waals surface area contributed by atoms with E-state index in [1.807, 2.05) is 0 Å². The summed E-state index contributed by atoms with van der Waals surface area (Å²) in [4.78, 5) is 23.5. The molecule has 1 atom stereocenters. The summed E-state index contributed by atoms with van der Waals surface area (Å²) in [5, 5.41) is 12.1. The summed E-state index contributed by atoms with van der Waals surface area (Å²) in [6, 6.07) is 5.77. The molecule has 2 rings (SSSR count). The Labute approximate surface area is 123 Å². The fourth-order valence-electron chi connectivity index (χ4n) is 3.02. The van der Waals surface area contributed by atoms with Crippen molar-refractivity contribution in [1.82, 2.24) is 5.32 Å². The molecule has 0 bridgehead atoms. The van der Waals surface area contributed by atoms with Crippen LogP contribution in [0.4, 0.5) is 4.39 Å². The van der Waals surface area contributed by atoms with Gasteiger partial charge in [0.2, 0.25) is 5.91 Å². The van der Waals surface area contributed by atoms with E-state index in [-0.39, 0.29) is 18.1 Å². The van der Waals surface area contributed by atoms with Gasteiger partial charge in [-0.1, -0.05) is 31.0 Å². The molecular weight excluding hydrogens is 273 g/mol. The molecule has 1 saturated carbocycles. The predicted octanol–water partition coefficient (Wildman–Crippen LogP) is 3.04. The van der Waals surface area contributed by atoms with Gasteiger partial charge < -0.3 is 10.4 Å². The minimum atomic E-state index is -0.945. The van der Waals surface area contributed by atoms with Crippen LogP contribution in [0, 0.1) is 11.2 Å². The topological polar surface area (TPSA) is 66.4 Å². The number of carboxylic acid groups (broad SMARTS) is 1. The second kappa shape index (κ2) is 6.24. The standard InChI is InChI=1S/C16H20FNO3/c1-11(12-6-2-3-7-13(12)17)18-14(19)10-16(15(20)21)8-4-5-9-16/h2-3,6-7,11H,4-5,8-10H2,1H3,(H,18,19)(H,20,21)/t11-/m1/s1. The number of carbonyl (C=O) groups excluding carboxylic acids is 1. The van der Waals surface area contributed by atoms with Crippen molar-refractivity contribution in [2.24, 2.45) is 5.41 Å². The third-order valence-electron chi connectivity index (χ3n) is 4.26. The second-order valence-electron chi connectivity index (χ2n) is 5.78. The molecule has 0 saturated heterocycles. The minimum Gasteiger partial charge on any atom is -0.481 e. The SMILES string of the molecule is C[C@@H](NC(=O)CC1(C(=O)O)CCCC1)c1ccccc1F. The number of carboxylic acids is 1. The van der Waals surface area contributed by atoms with Gasteiger partial charge in [-0.3, -0.25) is 9.59 Å². The number of aliphatic carboxylic acids is 1. The Hall–Kier alpha value is -1.91. The van der Waals surface area contributed by atoms with E-state index in [1.54, 1.807) is 25.1 Å². The molecule has 0 radical (unpaired) electrons. The van der Waals surface area contributed by atoms with Gasteiger partial charge in [0.15, 0.2) is 0 Å². The van der Waals surface area contributed by atoms with Gasteiger partial charge >= 0.3 is 5.97 Å². The lowest BCUT2D eigenvalue weighted by atomic mass is 9.82. The van der Waals surface area contributed by atoms with Crippen molar-refractivity contribution in [2.45, 2.75) is 45.1 Å². The number of carbonyl (C=O) groups is 2. The average molecular weight is 293 g/mol. The summed E-state index contributed by atoms with van der Waals surface area (Å²) in [5.74, 6) is -1.62. The van der Waals surface area contributed by atoms with Crippen molar-refractivity contribution in [2.75, 3.05) is 0 Å². The zero-order valence-corrected chi connectivity index (χ0v) is 12.1. The summed E-state index contributed by atoms with van der Waals surface area (Å²) >= 11 is 0. The van der Waals surface area contributed by atoms with Crippen LogP contribution in [0.2, 0.25) is 0 Å². The van der Waals surface area contributed by atoms with Crippen LogP contribution in [-0.4, -0.2) is 17.0 Å². The highest BCUT2D eigenvalue weighted by atomic mass is 19.1. The molecule has 1 aliphatic rings. The average Bonchev–Trinajstić information content (AvgIpc) is 2.88. The minimum absolute atomic E-state index is 0.0405. The van der Waals surface area contributed by atoms with Crippen LogP contribution in [0.3, 0.4) is 0 Å². The van der Waals surface area contributed by atoms with Gasteiger partial charge in [0.1, 0.15) is 5.82 Å². The van der Waals surface area contributed by atoms with Gasteiger partial charge in [-0.2, -0.15) is 0 Å². The number of amides is 1. The Kier molecular flexibility index (Phi) is 4.60. The molecule has 0 aromatic heterocycles. The van der Waals surface area contributed by atoms with Gasteiger partial charge in [0.25, 0.3) is 0 Å². The highest BCUT2D eigenvalue weighted by Gasteiger charge is 2.43. The van der Waals surface area contributed by atoms with Crippen LogP contribution in [0.25, 0.3) is 0 Å². The first kappa shape index (κ1) is 15.5. The quantitative estimate of drug-likeness (QED) is 0.877. The third-order valence-corrected chi connectivity index (χ3v) is 4.26. The number of nitrogens with one attached hydrogen (secondary N) is 1. The van der Waals surface area contributed by atoms with Crippen molar-refractivity contribution >= 4 is 11.9 Å². The summed E-state index contributed by atoms with van der Waals surface area (Å²) in [6.45, 7) is 1.69. The van der Waals surface area contributed by atoms with Gasteiger partial charge in [-0.05, 0) is 25.8 Å². The first-order valence-electron chi connectivity index (χ1n) is 7.22. The Morgan fingerprint density at radius 1 is 1.33 bits per heavy atom. The van der Waals surface area contributed by atoms with Crippen molar-refractivity contribution in [1.29, 1.82) is 0 Å². The van der Waals surface area contributed by atoms with Crippen LogP contribution in [0.1, 0.15) is 50.6 Å². The molecule has 1 aliphatic carbocycles. The third kappa shape index (κ3) is 3.40. The summed E-state index contributed by atoms with van der Waals surface area (Å²) < 4.78 is 13.7. The van der Waals surface area contributed by atoms with Crippen LogP contribution in [-0.2, 0) is 9.59 Å². The van der Waals surface area contributed by atoms with E-state index in [0.29, 0.717) is 18.4 Å². The monoisotopic (exact) mass is 293 g/mol. The van der Waals surface area contributed by atoms with Crippen molar-refractivity contribution in [3.63, 3.8) is 0 Å². The van der Waals surface area contributed by atoms with Crippen molar-refractivity contribution < 1.29 is 19.1 Å². The van der Waals surface area contributed by atoms with E-state index in [9.17, 15) is 19.1 Å². The zero-order chi connectivity index (χ0) is 15.5. The summed E-state index contributed by atoms with van der Waals surface area (Å²) in [7, 11) is 0. The molecule has 0 heterocycles. The lowest BCUT2D eigenvalue weighted by Gasteiger charge is -2.24. The Balaban J connectivity index is 2.01. The Morgan fingerprint density at radius 2 is 1.95 bits per heavy atom. The van der Waals surface area contributed by atoms with Crippen LogP contribution < -0.4 is 5.32 Å². The van der Waals surface area contributed by atoms with Gasteiger partial charge in [0.05, 0.1) is 11.5 Å². The number of hydrogen-bond acceptors (Lipinski definition) is 2. The smallest absolute Gasteiger partial charge is 0.310 e. The van der Waals surface area contributed by atoms with Crippen molar-refractivity contribution in [3.05, 3.63) is 35.6 Å². The molecule has 0 aliphatic heterocycles. The van der Waals surface area contributed by atoms with E-state index < -0.39 is 17.4 Å². The molecule has 114 valence electrons. The summed E-state index contributed by atoms with van der Waals surface area (Å²) in [5.41, 5.74) is -0.541. The van der Waals surface area contributed by atoms with E-state index in [1.165, 1.54) is 6.07 Å². The van der Waals surface area contributed by atoms with Gasteiger partial charge in [-0.15, -0.1) is 0 Å². The number of rotatable bonds is 5. The molecule has 1 fully saturated rings. The highest BCUT2D eigenvalue weighted by molar-refractivity contribution is 5.85. The maximum atomic E-state index is 13.7. The molecule has 4 nitrogen and oxygen atoms in total. The maximum absolute atomic E-state index is 13.7. The fourth-order valence-corrected chi connectivity index (χ4v) is 3.02. The molecule has 5 heteroatoms. The van der Waals surface area contributed by atoms with E-state index >= 15 is 0 Å². The maximum Gasteiger partial charge on any atom is 0.310 e. The van der Waals surface area contributed by atoms with Gasteiger partial charge in [0, 0.05) is 12.0 Å². The van der Waals surface area contributed by atoms with Crippen molar-refractivity contribution in [3.8, 4) is 0 Å². The van der Waals surface area contributed by atoms with Crippen LogP contribution in [0.5, 0.6) is 0 Å². The van der Waals surface area contributed by atoms with Crippen LogP contribution in [0.15, 0.2) is 24.3 Å². The Bertz CT molecular complexity index is 538. The first-order chi connectivity index (χ1) is 9.94. The van der Waals surface area contributed by atoms with E-state index in [4.69, 9.17) is 0 Å². The number of halogens is 1.